The predicted octanol–water partition coefficient (Wildman–Crippen LogP) is 5.95. The maximum Gasteiger partial charge on any atom is 0.164 e. The molecule has 0 saturated heterocycles. The molecule has 142 valence electrons. The largest absolute Gasteiger partial charge is 0.208 e. The Morgan fingerprint density at radius 1 is 0.586 bits per heavy atom. The fraction of sp³-hybridized carbons (Fsp3) is 0.192. The lowest BCUT2D eigenvalue weighted by molar-refractivity contribution is 1.02. The standard InChI is InChI=1S/C26H23N3/c1-18-6-4-5-7-21(13-8-18)24-27-25(22-14-9-19(2)10-15-22)29-26(28-24)23-16-11-20(3)12-17-23/h8-17H,6-7H2,1-3H3/b18-8-,21-13+. The Balaban J connectivity index is 1.87. The van der Waals surface area contributed by atoms with Crippen molar-refractivity contribution in [2.45, 2.75) is 33.6 Å². The van der Waals surface area contributed by atoms with Crippen LogP contribution in [0.5, 0.6) is 0 Å². The highest BCUT2D eigenvalue weighted by molar-refractivity contribution is 5.69. The highest BCUT2D eigenvalue weighted by Crippen LogP contribution is 2.25. The lowest BCUT2D eigenvalue weighted by Gasteiger charge is -2.10. The molecule has 1 aliphatic carbocycles. The average molecular weight is 377 g/mol. The van der Waals surface area contributed by atoms with E-state index in [1.54, 1.807) is 0 Å². The molecular formula is C26H23N3. The molecule has 1 aromatic heterocycles. The van der Waals surface area contributed by atoms with Gasteiger partial charge in [0.2, 0.25) is 0 Å². The first-order chi connectivity index (χ1) is 14.1. The predicted molar refractivity (Wildman–Crippen MR) is 119 cm³/mol. The summed E-state index contributed by atoms with van der Waals surface area (Å²) in [5.41, 5.74) is 6.64. The van der Waals surface area contributed by atoms with Crippen molar-refractivity contribution >= 4 is 5.57 Å². The molecule has 0 saturated carbocycles. The van der Waals surface area contributed by atoms with Gasteiger partial charge >= 0.3 is 0 Å². The molecule has 0 radical (unpaired) electrons. The molecule has 3 heteroatoms. The molecule has 0 fully saturated rings. The molecule has 0 spiro atoms. The van der Waals surface area contributed by atoms with Crippen LogP contribution in [0.15, 0.2) is 66.3 Å². The lowest BCUT2D eigenvalue weighted by Crippen LogP contribution is -2.03. The van der Waals surface area contributed by atoms with Crippen molar-refractivity contribution in [2.75, 3.05) is 0 Å². The minimum atomic E-state index is 0.633. The van der Waals surface area contributed by atoms with E-state index in [0.29, 0.717) is 23.9 Å². The van der Waals surface area contributed by atoms with E-state index in [1.165, 1.54) is 16.7 Å². The maximum absolute atomic E-state index is 4.81. The number of allylic oxidation sites excluding steroid dienone is 4. The zero-order valence-corrected chi connectivity index (χ0v) is 17.0. The summed E-state index contributed by atoms with van der Waals surface area (Å²) in [4.78, 5) is 14.4. The van der Waals surface area contributed by atoms with Gasteiger partial charge < -0.3 is 0 Å². The third-order valence-corrected chi connectivity index (χ3v) is 4.88. The number of aromatic nitrogens is 3. The van der Waals surface area contributed by atoms with Gasteiger partial charge in [-0.15, -0.1) is 0 Å². The van der Waals surface area contributed by atoms with E-state index in [2.05, 4.69) is 93.3 Å². The van der Waals surface area contributed by atoms with Crippen molar-refractivity contribution in [2.24, 2.45) is 0 Å². The lowest BCUT2D eigenvalue weighted by atomic mass is 10.1. The van der Waals surface area contributed by atoms with Gasteiger partial charge in [0.1, 0.15) is 0 Å². The van der Waals surface area contributed by atoms with Crippen LogP contribution in [0.4, 0.5) is 0 Å². The van der Waals surface area contributed by atoms with E-state index in [1.807, 2.05) is 0 Å². The average Bonchev–Trinajstić information content (AvgIpc) is 2.72. The molecule has 0 aliphatic heterocycles. The Morgan fingerprint density at radius 2 is 1.07 bits per heavy atom. The van der Waals surface area contributed by atoms with Crippen LogP contribution in [0.3, 0.4) is 0 Å². The normalized spacial score (nSPS) is 17.1. The third kappa shape index (κ3) is 4.50. The van der Waals surface area contributed by atoms with Crippen molar-refractivity contribution < 1.29 is 0 Å². The summed E-state index contributed by atoms with van der Waals surface area (Å²) in [5.74, 6) is 8.50. The van der Waals surface area contributed by atoms with Crippen LogP contribution in [0.1, 0.15) is 36.7 Å². The van der Waals surface area contributed by atoms with Crippen molar-refractivity contribution in [3.05, 3.63) is 83.2 Å². The monoisotopic (exact) mass is 377 g/mol. The highest BCUT2D eigenvalue weighted by Gasteiger charge is 2.13. The molecule has 0 atom stereocenters. The van der Waals surface area contributed by atoms with Gasteiger partial charge in [-0.1, -0.05) is 89.2 Å². The zero-order valence-electron chi connectivity index (χ0n) is 17.0. The molecule has 3 aromatic rings. The number of nitrogens with zero attached hydrogens (tertiary/aromatic N) is 3. The SMILES string of the molecule is C/C1=C/C=C(/c2nc(-c3ccc(C)cc3)nc(-c3ccc(C)cc3)n2)CC#CC1. The third-order valence-electron chi connectivity index (χ3n) is 4.88. The summed E-state index contributed by atoms with van der Waals surface area (Å²) in [6.45, 7) is 6.25. The minimum Gasteiger partial charge on any atom is -0.208 e. The molecule has 1 heterocycles. The first-order valence-electron chi connectivity index (χ1n) is 9.81. The Bertz CT molecular complexity index is 1090. The smallest absolute Gasteiger partial charge is 0.164 e. The molecule has 0 N–H and O–H groups in total. The fourth-order valence-corrected chi connectivity index (χ4v) is 3.06. The first-order valence-corrected chi connectivity index (χ1v) is 9.81. The minimum absolute atomic E-state index is 0.633. The van der Waals surface area contributed by atoms with Gasteiger partial charge in [-0.2, -0.15) is 0 Å². The van der Waals surface area contributed by atoms with E-state index in [4.69, 9.17) is 15.0 Å². The Morgan fingerprint density at radius 3 is 1.62 bits per heavy atom. The number of hydrogen-bond acceptors (Lipinski definition) is 3. The molecule has 0 unspecified atom stereocenters. The van der Waals surface area contributed by atoms with Crippen molar-refractivity contribution in [1.29, 1.82) is 0 Å². The summed E-state index contributed by atoms with van der Waals surface area (Å²) >= 11 is 0. The summed E-state index contributed by atoms with van der Waals surface area (Å²) in [6, 6.07) is 16.6. The number of benzene rings is 2. The van der Waals surface area contributed by atoms with Crippen molar-refractivity contribution in [3.63, 3.8) is 0 Å². The van der Waals surface area contributed by atoms with Crippen LogP contribution in [-0.2, 0) is 0 Å². The molecule has 1 aliphatic rings. The van der Waals surface area contributed by atoms with E-state index in [-0.39, 0.29) is 0 Å². The van der Waals surface area contributed by atoms with Crippen LogP contribution in [0.2, 0.25) is 0 Å². The van der Waals surface area contributed by atoms with Gasteiger partial charge in [-0.25, -0.2) is 15.0 Å². The van der Waals surface area contributed by atoms with Crippen LogP contribution >= 0.6 is 0 Å². The molecule has 0 amide bonds. The first kappa shape index (κ1) is 18.8. The number of rotatable bonds is 3. The summed E-state index contributed by atoms with van der Waals surface area (Å²) < 4.78 is 0. The highest BCUT2D eigenvalue weighted by atomic mass is 15.0. The molecule has 2 aromatic carbocycles. The maximum atomic E-state index is 4.81. The fourth-order valence-electron chi connectivity index (χ4n) is 3.06. The van der Waals surface area contributed by atoms with Gasteiger partial charge in [-0.05, 0) is 20.8 Å². The van der Waals surface area contributed by atoms with Gasteiger partial charge in [0.15, 0.2) is 17.5 Å². The van der Waals surface area contributed by atoms with E-state index < -0.39 is 0 Å². The Labute approximate surface area is 172 Å². The van der Waals surface area contributed by atoms with Crippen molar-refractivity contribution in [1.82, 2.24) is 15.0 Å². The van der Waals surface area contributed by atoms with Crippen LogP contribution in [-0.4, -0.2) is 15.0 Å². The second-order valence-corrected chi connectivity index (χ2v) is 7.45. The molecule has 29 heavy (non-hydrogen) atoms. The van der Waals surface area contributed by atoms with Gasteiger partial charge in [0.05, 0.1) is 0 Å². The van der Waals surface area contributed by atoms with Gasteiger partial charge in [0.25, 0.3) is 0 Å². The molecule has 3 nitrogen and oxygen atoms in total. The summed E-state index contributed by atoms with van der Waals surface area (Å²) in [5, 5.41) is 0. The van der Waals surface area contributed by atoms with Gasteiger partial charge in [-0.3, -0.25) is 0 Å². The van der Waals surface area contributed by atoms with Crippen LogP contribution < -0.4 is 0 Å². The van der Waals surface area contributed by atoms with Gasteiger partial charge in [0, 0.05) is 29.5 Å². The van der Waals surface area contributed by atoms with Crippen LogP contribution in [0.25, 0.3) is 28.3 Å². The van der Waals surface area contributed by atoms with E-state index in [9.17, 15) is 0 Å². The number of aryl methyl sites for hydroxylation is 2. The number of hydrogen-bond donors (Lipinski definition) is 0. The molecular weight excluding hydrogens is 354 g/mol. The quantitative estimate of drug-likeness (QED) is 0.530. The topological polar surface area (TPSA) is 38.7 Å². The van der Waals surface area contributed by atoms with Crippen molar-refractivity contribution in [3.8, 4) is 34.6 Å². The summed E-state index contributed by atoms with van der Waals surface area (Å²) in [6.07, 6.45) is 5.65. The summed E-state index contributed by atoms with van der Waals surface area (Å²) in [7, 11) is 0. The second-order valence-electron chi connectivity index (χ2n) is 7.45. The van der Waals surface area contributed by atoms with E-state index >= 15 is 0 Å². The second kappa shape index (κ2) is 8.24. The molecule has 4 rings (SSSR count). The molecule has 0 bridgehead atoms. The Hall–Kier alpha value is -3.51. The Kier molecular flexibility index (Phi) is 5.35. The zero-order chi connectivity index (χ0) is 20.2. The van der Waals surface area contributed by atoms with Crippen LogP contribution in [0, 0.1) is 25.7 Å². The van der Waals surface area contributed by atoms with E-state index in [0.717, 1.165) is 23.1 Å².